The first kappa shape index (κ1) is 53.5. The van der Waals surface area contributed by atoms with Crippen LogP contribution in [0, 0.1) is 25.7 Å². The maximum absolute atomic E-state index is 14.4. The van der Waals surface area contributed by atoms with Gasteiger partial charge >= 0.3 is 0 Å². The molecule has 0 saturated carbocycles. The molecule has 396 valence electrons. The average molecular weight is 1070 g/mol. The van der Waals surface area contributed by atoms with Crippen molar-refractivity contribution in [2.75, 3.05) is 62.6 Å². The van der Waals surface area contributed by atoms with E-state index in [0.29, 0.717) is 78.6 Å². The lowest BCUT2D eigenvalue weighted by atomic mass is 9.91. The van der Waals surface area contributed by atoms with Gasteiger partial charge in [-0.25, -0.2) is 24.6 Å². The molecule has 0 aliphatic carbocycles. The minimum atomic E-state index is -0.870. The van der Waals surface area contributed by atoms with Crippen LogP contribution < -0.4 is 21.3 Å². The summed E-state index contributed by atoms with van der Waals surface area (Å²) in [5, 5.41) is 37.4. The minimum Gasteiger partial charge on any atom is -0.391 e. The molecule has 0 radical (unpaired) electrons. The molecule has 4 aliphatic heterocycles. The Bertz CT molecular complexity index is 2750. The SMILES string of the molecule is Cc1cn([C@H](C(=O)N2C[C@H](O)C[C@H]2C(=O)N[C@@H](CN2CCC(C(=O)N3CCC(Nc4nccc(Sc5cnc(N6CCC(C)(N)CC6)c(CO)n5)c4Cl)CC3)CC2)c2ccc(-c3scnc3C)cc2)C(C)C)nn1. The Morgan fingerprint density at radius 2 is 1.72 bits per heavy atom. The lowest BCUT2D eigenvalue weighted by molar-refractivity contribution is -0.142. The molecular weight excluding hydrogens is 1000 g/mol. The standard InChI is InChI=1S/C52H69ClN14O5S2/c1-31(2)45(67-26-32(3)61-62-67)51(72)66-27-38(69)24-41(66)49(70)60-39(34-6-8-35(9-7-34)46-33(4)57-30-73-46)28-63-18-11-36(12-19-63)50(71)65-20-13-37(14-21-65)58-47-44(53)42(10-17-55-47)74-43-25-56-48(40(29-68)59-43)64-22-15-52(5,54)16-23-64/h6-10,17,25-26,30-31,36-39,41,45,68-69H,11-16,18-24,27-29,54H2,1-5H3,(H,55,58)(H,60,70)/t38-,39+,41+,45+/m1/s1. The molecule has 19 nitrogen and oxygen atoms in total. The second kappa shape index (κ2) is 23.3. The second-order valence-electron chi connectivity index (χ2n) is 21.0. The number of pyridine rings is 1. The van der Waals surface area contributed by atoms with Crippen LogP contribution >= 0.6 is 34.7 Å². The molecule has 0 spiro atoms. The number of likely N-dealkylation sites (tertiary alicyclic amines) is 3. The lowest BCUT2D eigenvalue weighted by Crippen LogP contribution is -2.51. The van der Waals surface area contributed by atoms with Crippen LogP contribution in [0.5, 0.6) is 0 Å². The molecule has 4 fully saturated rings. The van der Waals surface area contributed by atoms with Crippen molar-refractivity contribution in [2.45, 2.75) is 132 Å². The number of carbonyl (C=O) groups is 3. The third-order valence-electron chi connectivity index (χ3n) is 15.0. The summed E-state index contributed by atoms with van der Waals surface area (Å²) in [4.78, 5) is 70.9. The van der Waals surface area contributed by atoms with Crippen molar-refractivity contribution >= 4 is 64.1 Å². The van der Waals surface area contributed by atoms with E-state index in [0.717, 1.165) is 65.4 Å². The van der Waals surface area contributed by atoms with Crippen molar-refractivity contribution in [1.29, 1.82) is 0 Å². The van der Waals surface area contributed by atoms with Gasteiger partial charge in [-0.3, -0.25) is 14.4 Å². The first-order valence-corrected chi connectivity index (χ1v) is 27.9. The topological polar surface area (TPSA) is 237 Å². The van der Waals surface area contributed by atoms with Crippen LogP contribution in [-0.4, -0.2) is 154 Å². The van der Waals surface area contributed by atoms with E-state index in [1.54, 1.807) is 34.6 Å². The maximum Gasteiger partial charge on any atom is 0.248 e. The number of aromatic nitrogens is 7. The van der Waals surface area contributed by atoms with E-state index in [9.17, 15) is 24.6 Å². The Hall–Kier alpha value is -5.29. The number of carbonyl (C=O) groups excluding carboxylic acids is 3. The van der Waals surface area contributed by atoms with Gasteiger partial charge in [0.25, 0.3) is 0 Å². The summed E-state index contributed by atoms with van der Waals surface area (Å²) in [7, 11) is 0. The number of anilines is 2. The molecule has 9 rings (SSSR count). The molecule has 3 amide bonds. The second-order valence-corrected chi connectivity index (χ2v) is 23.3. The van der Waals surface area contributed by atoms with Crippen LogP contribution in [0.15, 0.2) is 64.4 Å². The van der Waals surface area contributed by atoms with Crippen molar-refractivity contribution in [2.24, 2.45) is 17.6 Å². The highest BCUT2D eigenvalue weighted by molar-refractivity contribution is 7.99. The zero-order chi connectivity index (χ0) is 52.3. The summed E-state index contributed by atoms with van der Waals surface area (Å²) in [5.41, 5.74) is 12.1. The van der Waals surface area contributed by atoms with Crippen molar-refractivity contribution in [3.63, 3.8) is 0 Å². The number of rotatable bonds is 16. The van der Waals surface area contributed by atoms with E-state index in [1.807, 2.05) is 56.3 Å². The molecule has 1 aromatic carbocycles. The summed E-state index contributed by atoms with van der Waals surface area (Å²) in [6.07, 6.45) is 8.98. The van der Waals surface area contributed by atoms with Crippen LogP contribution in [0.25, 0.3) is 10.4 Å². The number of halogens is 1. The lowest BCUT2D eigenvalue weighted by Gasteiger charge is -2.38. The third-order valence-corrected chi connectivity index (χ3v) is 17.5. The highest BCUT2D eigenvalue weighted by Gasteiger charge is 2.43. The van der Waals surface area contributed by atoms with Gasteiger partial charge in [0, 0.05) is 80.5 Å². The fourth-order valence-corrected chi connectivity index (χ4v) is 12.6. The van der Waals surface area contributed by atoms with Gasteiger partial charge in [-0.1, -0.05) is 66.7 Å². The fraction of sp³-hybridized carbons (Fsp3) is 0.558. The quantitative estimate of drug-likeness (QED) is 0.0803. The number of aryl methyl sites for hydroxylation is 2. The van der Waals surface area contributed by atoms with Crippen LogP contribution in [0.3, 0.4) is 0 Å². The van der Waals surface area contributed by atoms with E-state index in [1.165, 1.54) is 16.7 Å². The number of β-amino-alcohol motifs (C(OH)–C–C–N with tert-alkyl or cyclic N) is 1. The van der Waals surface area contributed by atoms with Crippen molar-refractivity contribution < 1.29 is 24.6 Å². The number of aliphatic hydroxyl groups is 2. The number of hydrogen-bond acceptors (Lipinski definition) is 17. The fourth-order valence-electron chi connectivity index (χ4n) is 10.7. The number of benzene rings is 1. The van der Waals surface area contributed by atoms with Crippen LogP contribution in [0.2, 0.25) is 5.02 Å². The molecule has 8 heterocycles. The summed E-state index contributed by atoms with van der Waals surface area (Å²) in [5.74, 6) is 0.576. The van der Waals surface area contributed by atoms with Gasteiger partial charge in [-0.15, -0.1) is 16.4 Å². The van der Waals surface area contributed by atoms with Crippen molar-refractivity contribution in [3.05, 3.63) is 82.1 Å². The van der Waals surface area contributed by atoms with Crippen molar-refractivity contribution in [1.82, 2.24) is 54.9 Å². The van der Waals surface area contributed by atoms with Gasteiger partial charge in [0.15, 0.2) is 5.82 Å². The molecule has 22 heteroatoms. The summed E-state index contributed by atoms with van der Waals surface area (Å²) >= 11 is 9.91. The molecule has 0 unspecified atom stereocenters. The Morgan fingerprint density at radius 1 is 0.986 bits per heavy atom. The highest BCUT2D eigenvalue weighted by atomic mass is 35.5. The summed E-state index contributed by atoms with van der Waals surface area (Å²) < 4.78 is 1.56. The molecule has 4 aliphatic rings. The van der Waals surface area contributed by atoms with Crippen LogP contribution in [0.4, 0.5) is 11.6 Å². The predicted octanol–water partition coefficient (Wildman–Crippen LogP) is 5.65. The first-order valence-electron chi connectivity index (χ1n) is 25.8. The molecule has 0 bridgehead atoms. The zero-order valence-corrected chi connectivity index (χ0v) is 45.3. The number of nitrogens with one attached hydrogen (secondary N) is 2. The molecule has 6 N–H and O–H groups in total. The van der Waals surface area contributed by atoms with Gasteiger partial charge in [-0.2, -0.15) is 0 Å². The molecule has 4 atom stereocenters. The molecular formula is C52H69ClN14O5S2. The Labute approximate surface area is 446 Å². The number of aliphatic hydroxyl groups excluding tert-OH is 2. The molecule has 5 aromatic rings. The summed E-state index contributed by atoms with van der Waals surface area (Å²) in [6, 6.07) is 8.13. The molecule has 74 heavy (non-hydrogen) atoms. The van der Waals surface area contributed by atoms with E-state index in [-0.39, 0.29) is 60.7 Å². The van der Waals surface area contributed by atoms with Gasteiger partial charge < -0.3 is 46.2 Å². The Morgan fingerprint density at radius 3 is 2.36 bits per heavy atom. The summed E-state index contributed by atoms with van der Waals surface area (Å²) in [6.45, 7) is 14.2. The third kappa shape index (κ3) is 12.4. The van der Waals surface area contributed by atoms with Gasteiger partial charge in [0.1, 0.15) is 28.6 Å². The zero-order valence-electron chi connectivity index (χ0n) is 42.9. The number of nitrogens with two attached hydrogens (primary N) is 1. The van der Waals surface area contributed by atoms with Gasteiger partial charge in [0.2, 0.25) is 17.7 Å². The number of nitrogens with zero attached hydrogens (tertiary/aromatic N) is 11. The average Bonchev–Trinajstić information content (AvgIpc) is 4.14. The number of hydrogen-bond donors (Lipinski definition) is 5. The predicted molar refractivity (Wildman–Crippen MR) is 286 cm³/mol. The van der Waals surface area contributed by atoms with E-state index >= 15 is 0 Å². The Balaban J connectivity index is 0.797. The first-order chi connectivity index (χ1) is 35.5. The van der Waals surface area contributed by atoms with Crippen molar-refractivity contribution in [3.8, 4) is 10.4 Å². The largest absolute Gasteiger partial charge is 0.391 e. The van der Waals surface area contributed by atoms with E-state index < -0.39 is 24.2 Å². The molecule has 4 saturated heterocycles. The minimum absolute atomic E-state index is 0.0475. The number of amides is 3. The van der Waals surface area contributed by atoms with E-state index in [2.05, 4.69) is 59.8 Å². The number of piperidine rings is 3. The number of thiazole rings is 1. The Kier molecular flexibility index (Phi) is 16.9. The van der Waals surface area contributed by atoms with Gasteiger partial charge in [-0.05, 0) is 95.5 Å². The molecule has 4 aromatic heterocycles. The highest BCUT2D eigenvalue weighted by Crippen LogP contribution is 2.38. The van der Waals surface area contributed by atoms with E-state index in [4.69, 9.17) is 27.3 Å². The van der Waals surface area contributed by atoms with Gasteiger partial charge in [0.05, 0.1) is 51.7 Å². The normalized spacial score (nSPS) is 20.8. The van der Waals surface area contributed by atoms with Crippen LogP contribution in [-0.2, 0) is 21.0 Å². The smallest absolute Gasteiger partial charge is 0.248 e. The monoisotopic (exact) mass is 1070 g/mol. The van der Waals surface area contributed by atoms with Crippen LogP contribution in [0.1, 0.15) is 100 Å². The maximum atomic E-state index is 14.4.